The summed E-state index contributed by atoms with van der Waals surface area (Å²) in [5.41, 5.74) is 1.60. The van der Waals surface area contributed by atoms with Gasteiger partial charge < -0.3 is 4.90 Å². The summed E-state index contributed by atoms with van der Waals surface area (Å²) < 4.78 is 3.70. The summed E-state index contributed by atoms with van der Waals surface area (Å²) in [5, 5.41) is 6.38. The van der Waals surface area contributed by atoms with Crippen LogP contribution >= 0.6 is 0 Å². The van der Waals surface area contributed by atoms with E-state index in [2.05, 4.69) is 20.2 Å². The average molecular weight is 395 g/mol. The number of imidazole rings is 1. The first-order valence-electron chi connectivity index (χ1n) is 10.4. The Bertz CT molecular complexity index is 1060. The first-order valence-corrected chi connectivity index (χ1v) is 10.4. The van der Waals surface area contributed by atoms with Gasteiger partial charge in [0.2, 0.25) is 5.82 Å². The number of aromatic amines is 1. The normalized spacial score (nSPS) is 20.6. The van der Waals surface area contributed by atoms with Gasteiger partial charge in [0.15, 0.2) is 5.65 Å². The van der Waals surface area contributed by atoms with Gasteiger partial charge in [0, 0.05) is 25.8 Å². The Hall–Kier alpha value is -2.97. The van der Waals surface area contributed by atoms with Crippen molar-refractivity contribution in [2.24, 2.45) is 5.92 Å². The van der Waals surface area contributed by atoms with Crippen LogP contribution in [-0.4, -0.2) is 53.2 Å². The maximum Gasteiger partial charge on any atom is 0.330 e. The van der Waals surface area contributed by atoms with Crippen LogP contribution in [0, 0.1) is 5.92 Å². The molecule has 3 aromatic rings. The van der Waals surface area contributed by atoms with E-state index >= 15 is 0 Å². The number of aromatic nitrogens is 6. The van der Waals surface area contributed by atoms with Gasteiger partial charge in [-0.1, -0.05) is 19.3 Å². The van der Waals surface area contributed by atoms with Gasteiger partial charge in [-0.05, 0) is 37.3 Å². The Morgan fingerprint density at radius 2 is 2.03 bits per heavy atom. The number of likely N-dealkylation sites (tertiary alicyclic amines) is 1. The molecule has 1 N–H and O–H groups in total. The van der Waals surface area contributed by atoms with Gasteiger partial charge in [0.1, 0.15) is 6.33 Å². The van der Waals surface area contributed by atoms with E-state index in [0.29, 0.717) is 24.7 Å². The summed E-state index contributed by atoms with van der Waals surface area (Å²) in [6, 6.07) is 3.78. The molecule has 0 bridgehead atoms. The average Bonchev–Trinajstić information content (AvgIpc) is 3.49. The maximum absolute atomic E-state index is 13.4. The lowest BCUT2D eigenvalue weighted by molar-refractivity contribution is 0.0776. The molecule has 0 spiro atoms. The van der Waals surface area contributed by atoms with Gasteiger partial charge in [0.05, 0.1) is 11.6 Å². The van der Waals surface area contributed by atoms with Crippen LogP contribution in [0.25, 0.3) is 11.2 Å². The standard InChI is InChI=1S/C20H25N7O2/c28-19(17-22-13-23-24-17)25-10-8-15(12-25)27-18-16(7-4-9-21-18)26(20(27)29)11-14-5-2-1-3-6-14/h4,7,9,13-15H,1-3,5-6,8,10-12H2,(H,22,23,24)/t15-/m1/s1. The van der Waals surface area contributed by atoms with Crippen LogP contribution in [0.2, 0.25) is 0 Å². The lowest BCUT2D eigenvalue weighted by atomic mass is 9.89. The number of hydrogen-bond donors (Lipinski definition) is 1. The molecular formula is C20H25N7O2. The number of nitrogens with zero attached hydrogens (tertiary/aromatic N) is 6. The van der Waals surface area contributed by atoms with Crippen molar-refractivity contribution in [3.63, 3.8) is 0 Å². The molecule has 1 atom stereocenters. The van der Waals surface area contributed by atoms with Gasteiger partial charge in [-0.15, -0.1) is 0 Å². The molecule has 1 saturated heterocycles. The third-order valence-electron chi connectivity index (χ3n) is 6.32. The minimum absolute atomic E-state index is 0.0109. The minimum Gasteiger partial charge on any atom is -0.334 e. The lowest BCUT2D eigenvalue weighted by Crippen LogP contribution is -2.33. The first-order chi connectivity index (χ1) is 14.2. The summed E-state index contributed by atoms with van der Waals surface area (Å²) in [6.45, 7) is 1.80. The van der Waals surface area contributed by atoms with E-state index in [1.807, 2.05) is 16.7 Å². The lowest BCUT2D eigenvalue weighted by Gasteiger charge is -2.21. The van der Waals surface area contributed by atoms with Crippen molar-refractivity contribution < 1.29 is 4.79 Å². The van der Waals surface area contributed by atoms with E-state index in [4.69, 9.17) is 0 Å². The molecule has 9 nitrogen and oxygen atoms in total. The summed E-state index contributed by atoms with van der Waals surface area (Å²) in [7, 11) is 0. The predicted molar refractivity (Wildman–Crippen MR) is 107 cm³/mol. The van der Waals surface area contributed by atoms with Gasteiger partial charge >= 0.3 is 5.69 Å². The molecule has 4 heterocycles. The molecule has 9 heteroatoms. The smallest absolute Gasteiger partial charge is 0.330 e. The molecular weight excluding hydrogens is 370 g/mol. The molecule has 152 valence electrons. The first kappa shape index (κ1) is 18.1. The van der Waals surface area contributed by atoms with Crippen LogP contribution in [0.15, 0.2) is 29.5 Å². The maximum atomic E-state index is 13.4. The second-order valence-corrected chi connectivity index (χ2v) is 8.14. The number of nitrogens with one attached hydrogen (secondary N) is 1. The van der Waals surface area contributed by atoms with Crippen LogP contribution in [0.4, 0.5) is 0 Å². The topological polar surface area (TPSA) is 102 Å². The van der Waals surface area contributed by atoms with Crippen molar-refractivity contribution in [1.29, 1.82) is 0 Å². The molecule has 3 aromatic heterocycles. The quantitative estimate of drug-likeness (QED) is 0.728. The zero-order valence-corrected chi connectivity index (χ0v) is 16.3. The van der Waals surface area contributed by atoms with Crippen molar-refractivity contribution in [2.45, 2.75) is 51.1 Å². The fraction of sp³-hybridized carbons (Fsp3) is 0.550. The SMILES string of the molecule is O=C(c1ncn[nH]1)N1CC[C@@H](n2c(=O)n(CC3CCCCC3)c3cccnc32)C1. The third-order valence-corrected chi connectivity index (χ3v) is 6.32. The molecule has 1 amide bonds. The summed E-state index contributed by atoms with van der Waals surface area (Å²) in [6.07, 6.45) is 9.94. The summed E-state index contributed by atoms with van der Waals surface area (Å²) in [5.74, 6) is 0.599. The number of carbonyl (C=O) groups is 1. The molecule has 1 aliphatic carbocycles. The Morgan fingerprint density at radius 1 is 1.17 bits per heavy atom. The highest BCUT2D eigenvalue weighted by Gasteiger charge is 2.32. The van der Waals surface area contributed by atoms with Crippen molar-refractivity contribution in [3.8, 4) is 0 Å². The highest BCUT2D eigenvalue weighted by atomic mass is 16.2. The number of fused-ring (bicyclic) bond motifs is 1. The predicted octanol–water partition coefficient (Wildman–Crippen LogP) is 1.98. The summed E-state index contributed by atoms with van der Waals surface area (Å²) >= 11 is 0. The van der Waals surface area contributed by atoms with E-state index in [1.165, 1.54) is 38.4 Å². The fourth-order valence-corrected chi connectivity index (χ4v) is 4.84. The number of amides is 1. The van der Waals surface area contributed by atoms with E-state index in [9.17, 15) is 9.59 Å². The van der Waals surface area contributed by atoms with Crippen molar-refractivity contribution in [1.82, 2.24) is 34.2 Å². The Kier molecular flexibility index (Phi) is 4.65. The largest absolute Gasteiger partial charge is 0.334 e. The van der Waals surface area contributed by atoms with Gasteiger partial charge in [0.25, 0.3) is 5.91 Å². The Morgan fingerprint density at radius 3 is 2.83 bits per heavy atom. The van der Waals surface area contributed by atoms with E-state index in [0.717, 1.165) is 18.5 Å². The highest BCUT2D eigenvalue weighted by molar-refractivity contribution is 5.90. The Balaban J connectivity index is 1.45. The third kappa shape index (κ3) is 3.24. The van der Waals surface area contributed by atoms with Crippen LogP contribution in [-0.2, 0) is 6.54 Å². The molecule has 2 fully saturated rings. The molecule has 5 rings (SSSR count). The zero-order valence-electron chi connectivity index (χ0n) is 16.3. The summed E-state index contributed by atoms with van der Waals surface area (Å²) in [4.78, 5) is 36.2. The van der Waals surface area contributed by atoms with Crippen LogP contribution in [0.5, 0.6) is 0 Å². The van der Waals surface area contributed by atoms with E-state index < -0.39 is 0 Å². The number of H-pyrrole nitrogens is 1. The van der Waals surface area contributed by atoms with Crippen LogP contribution < -0.4 is 5.69 Å². The zero-order chi connectivity index (χ0) is 19.8. The number of rotatable bonds is 4. The molecule has 1 aliphatic heterocycles. The second-order valence-electron chi connectivity index (χ2n) is 8.14. The van der Waals surface area contributed by atoms with Crippen molar-refractivity contribution in [3.05, 3.63) is 41.0 Å². The molecule has 0 aromatic carbocycles. The Labute approximate surface area is 167 Å². The van der Waals surface area contributed by atoms with Crippen LogP contribution in [0.3, 0.4) is 0 Å². The molecule has 2 aliphatic rings. The number of hydrogen-bond acceptors (Lipinski definition) is 5. The van der Waals surface area contributed by atoms with E-state index in [-0.39, 0.29) is 23.5 Å². The van der Waals surface area contributed by atoms with Gasteiger partial charge in [-0.2, -0.15) is 5.10 Å². The second kappa shape index (κ2) is 7.46. The van der Waals surface area contributed by atoms with Crippen molar-refractivity contribution in [2.75, 3.05) is 13.1 Å². The number of pyridine rings is 1. The highest BCUT2D eigenvalue weighted by Crippen LogP contribution is 2.28. The molecule has 1 saturated carbocycles. The number of carbonyl (C=O) groups excluding carboxylic acids is 1. The fourth-order valence-electron chi connectivity index (χ4n) is 4.84. The van der Waals surface area contributed by atoms with Crippen molar-refractivity contribution >= 4 is 17.1 Å². The molecule has 29 heavy (non-hydrogen) atoms. The van der Waals surface area contributed by atoms with Gasteiger partial charge in [-0.3, -0.25) is 19.0 Å². The molecule has 0 radical (unpaired) electrons. The minimum atomic E-state index is -0.183. The van der Waals surface area contributed by atoms with E-state index in [1.54, 1.807) is 15.7 Å². The van der Waals surface area contributed by atoms with Crippen LogP contribution in [0.1, 0.15) is 55.2 Å². The van der Waals surface area contributed by atoms with Gasteiger partial charge in [-0.25, -0.2) is 14.8 Å². The monoisotopic (exact) mass is 395 g/mol. The molecule has 0 unspecified atom stereocenters.